The van der Waals surface area contributed by atoms with Gasteiger partial charge in [-0.3, -0.25) is 0 Å². The Morgan fingerprint density at radius 1 is 1.22 bits per heavy atom. The van der Waals surface area contributed by atoms with Crippen LogP contribution in [0.4, 0.5) is 0 Å². The fraction of sp³-hybridized carbons (Fsp3) is 0.273. The molecule has 0 fully saturated rings. The molecule has 1 aliphatic rings. The van der Waals surface area contributed by atoms with Crippen LogP contribution in [-0.4, -0.2) is 27.3 Å². The molecule has 0 aromatic carbocycles. The summed E-state index contributed by atoms with van der Waals surface area (Å²) in [6.07, 6.45) is 0. The van der Waals surface area contributed by atoms with E-state index < -0.39 is 0 Å². The van der Waals surface area contributed by atoms with E-state index >= 15 is 0 Å². The first-order valence-corrected chi connectivity index (χ1v) is 6.82. The maximum absolute atomic E-state index is 6.15. The summed E-state index contributed by atoms with van der Waals surface area (Å²) in [4.78, 5) is 8.75. The van der Waals surface area contributed by atoms with Gasteiger partial charge in [0.25, 0.3) is 0 Å². The Morgan fingerprint density at radius 3 is 2.83 bits per heavy atom. The van der Waals surface area contributed by atoms with Gasteiger partial charge in [0.15, 0.2) is 5.82 Å². The summed E-state index contributed by atoms with van der Waals surface area (Å²) in [5.74, 6) is 2.72. The predicted molar refractivity (Wildman–Crippen MR) is 69.6 cm³/mol. The van der Waals surface area contributed by atoms with Crippen molar-refractivity contribution < 1.29 is 4.74 Å². The summed E-state index contributed by atoms with van der Waals surface area (Å²) in [6, 6.07) is 3.49. The highest BCUT2D eigenvalue weighted by Gasteiger charge is 2.19. The molecule has 18 heavy (non-hydrogen) atoms. The highest BCUT2D eigenvalue weighted by molar-refractivity contribution is 7.98. The van der Waals surface area contributed by atoms with Crippen molar-refractivity contribution in [2.75, 3.05) is 7.11 Å². The van der Waals surface area contributed by atoms with Crippen molar-refractivity contribution in [1.82, 2.24) is 20.2 Å². The molecule has 1 aliphatic heterocycles. The molecule has 3 heterocycles. The molecule has 5 nitrogen and oxygen atoms in total. The predicted octanol–water partition coefficient (Wildman–Crippen LogP) is 2.34. The Balaban J connectivity index is 2.03. The Kier molecular flexibility index (Phi) is 3.05. The van der Waals surface area contributed by atoms with Crippen molar-refractivity contribution >= 4 is 23.4 Å². The van der Waals surface area contributed by atoms with E-state index in [1.54, 1.807) is 31.0 Å². The van der Waals surface area contributed by atoms with Gasteiger partial charge in [0.05, 0.1) is 12.8 Å². The van der Waals surface area contributed by atoms with Crippen LogP contribution in [0.25, 0.3) is 11.5 Å². The molecule has 2 aromatic heterocycles. The van der Waals surface area contributed by atoms with Crippen molar-refractivity contribution in [3.8, 4) is 17.4 Å². The molecule has 0 aliphatic carbocycles. The number of rotatable bonds is 2. The minimum atomic E-state index is 0.460. The Labute approximate surface area is 113 Å². The third kappa shape index (κ3) is 2.02. The van der Waals surface area contributed by atoms with Crippen LogP contribution < -0.4 is 4.74 Å². The Hall–Kier alpha value is -1.40. The van der Waals surface area contributed by atoms with E-state index in [-0.39, 0.29) is 0 Å². The SMILES string of the molecule is COc1ccc(-c2nc(Cl)c3c(n2)CSC3)nn1. The minimum Gasteiger partial charge on any atom is -0.480 e. The number of aromatic nitrogens is 4. The molecule has 3 rings (SSSR count). The van der Waals surface area contributed by atoms with Gasteiger partial charge in [-0.2, -0.15) is 11.8 Å². The molecule has 0 N–H and O–H groups in total. The molecule has 0 unspecified atom stereocenters. The van der Waals surface area contributed by atoms with E-state index in [0.29, 0.717) is 22.6 Å². The fourth-order valence-corrected chi connectivity index (χ4v) is 3.05. The molecular formula is C11H9ClN4OS. The lowest BCUT2D eigenvalue weighted by atomic mass is 10.2. The number of fused-ring (bicyclic) bond motifs is 1. The standard InChI is InChI=1S/C11H9ClN4OS/c1-17-9-3-2-7(15-16-9)11-13-8-5-18-4-6(8)10(12)14-11/h2-3H,4-5H2,1H3. The first-order chi connectivity index (χ1) is 8.78. The Bertz CT molecular complexity index is 590. The third-order valence-electron chi connectivity index (χ3n) is 2.61. The molecule has 0 saturated heterocycles. The van der Waals surface area contributed by atoms with Gasteiger partial charge in [-0.1, -0.05) is 11.6 Å². The number of ether oxygens (including phenoxy) is 1. The van der Waals surface area contributed by atoms with E-state index in [0.717, 1.165) is 22.8 Å². The average molecular weight is 281 g/mol. The highest BCUT2D eigenvalue weighted by atomic mass is 35.5. The van der Waals surface area contributed by atoms with E-state index in [1.165, 1.54) is 0 Å². The van der Waals surface area contributed by atoms with Crippen LogP contribution in [0.3, 0.4) is 0 Å². The molecule has 2 aromatic rings. The average Bonchev–Trinajstić information content (AvgIpc) is 2.88. The summed E-state index contributed by atoms with van der Waals surface area (Å²) >= 11 is 7.93. The zero-order chi connectivity index (χ0) is 12.5. The number of thioether (sulfide) groups is 1. The topological polar surface area (TPSA) is 60.8 Å². The van der Waals surface area contributed by atoms with E-state index in [2.05, 4.69) is 20.2 Å². The highest BCUT2D eigenvalue weighted by Crippen LogP contribution is 2.33. The lowest BCUT2D eigenvalue weighted by Gasteiger charge is -2.04. The summed E-state index contributed by atoms with van der Waals surface area (Å²) < 4.78 is 4.96. The number of methoxy groups -OCH3 is 1. The van der Waals surface area contributed by atoms with Crippen molar-refractivity contribution in [3.05, 3.63) is 28.5 Å². The summed E-state index contributed by atoms with van der Waals surface area (Å²) in [5, 5.41) is 8.43. The summed E-state index contributed by atoms with van der Waals surface area (Å²) in [5.41, 5.74) is 2.62. The summed E-state index contributed by atoms with van der Waals surface area (Å²) in [7, 11) is 1.55. The van der Waals surface area contributed by atoms with Crippen LogP contribution in [-0.2, 0) is 11.5 Å². The van der Waals surface area contributed by atoms with Gasteiger partial charge in [0.2, 0.25) is 5.88 Å². The van der Waals surface area contributed by atoms with Gasteiger partial charge >= 0.3 is 0 Å². The molecule has 0 bridgehead atoms. The normalized spacial score (nSPS) is 13.4. The van der Waals surface area contributed by atoms with Crippen molar-refractivity contribution in [2.24, 2.45) is 0 Å². The van der Waals surface area contributed by atoms with Gasteiger partial charge in [-0.05, 0) is 6.07 Å². The number of nitrogens with zero attached hydrogens (tertiary/aromatic N) is 4. The van der Waals surface area contributed by atoms with Crippen LogP contribution in [0.5, 0.6) is 5.88 Å². The second-order valence-corrected chi connectivity index (χ2v) is 5.06. The molecule has 0 atom stereocenters. The first-order valence-electron chi connectivity index (χ1n) is 5.29. The molecule has 0 radical (unpaired) electrons. The van der Waals surface area contributed by atoms with Gasteiger partial charge in [-0.25, -0.2) is 9.97 Å². The van der Waals surface area contributed by atoms with Crippen molar-refractivity contribution in [3.63, 3.8) is 0 Å². The zero-order valence-corrected chi connectivity index (χ0v) is 11.1. The van der Waals surface area contributed by atoms with Crippen molar-refractivity contribution in [2.45, 2.75) is 11.5 Å². The summed E-state index contributed by atoms with van der Waals surface area (Å²) in [6.45, 7) is 0. The second kappa shape index (κ2) is 4.70. The molecule has 0 saturated carbocycles. The van der Waals surface area contributed by atoms with E-state index in [9.17, 15) is 0 Å². The zero-order valence-electron chi connectivity index (χ0n) is 9.55. The smallest absolute Gasteiger partial charge is 0.233 e. The number of hydrogen-bond acceptors (Lipinski definition) is 6. The lowest BCUT2D eigenvalue weighted by Crippen LogP contribution is -2.00. The van der Waals surface area contributed by atoms with Crippen LogP contribution in [0.15, 0.2) is 12.1 Å². The molecular weight excluding hydrogens is 272 g/mol. The first kappa shape index (κ1) is 11.7. The lowest BCUT2D eigenvalue weighted by molar-refractivity contribution is 0.392. The largest absolute Gasteiger partial charge is 0.480 e. The monoisotopic (exact) mass is 280 g/mol. The van der Waals surface area contributed by atoms with E-state index in [4.69, 9.17) is 16.3 Å². The quantitative estimate of drug-likeness (QED) is 0.787. The van der Waals surface area contributed by atoms with E-state index in [1.807, 2.05) is 0 Å². The molecule has 92 valence electrons. The molecule has 0 spiro atoms. The van der Waals surface area contributed by atoms with Crippen LogP contribution >= 0.6 is 23.4 Å². The molecule has 0 amide bonds. The van der Waals surface area contributed by atoms with Gasteiger partial charge in [0.1, 0.15) is 10.8 Å². The van der Waals surface area contributed by atoms with Gasteiger partial charge in [-0.15, -0.1) is 10.2 Å². The van der Waals surface area contributed by atoms with Crippen LogP contribution in [0, 0.1) is 0 Å². The van der Waals surface area contributed by atoms with Gasteiger partial charge in [0, 0.05) is 23.1 Å². The van der Waals surface area contributed by atoms with Crippen LogP contribution in [0.2, 0.25) is 5.15 Å². The Morgan fingerprint density at radius 2 is 2.11 bits per heavy atom. The number of hydrogen-bond donors (Lipinski definition) is 0. The maximum atomic E-state index is 6.15. The fourth-order valence-electron chi connectivity index (χ4n) is 1.67. The second-order valence-electron chi connectivity index (χ2n) is 3.72. The third-order valence-corrected chi connectivity index (χ3v) is 3.89. The van der Waals surface area contributed by atoms with Crippen LogP contribution in [0.1, 0.15) is 11.3 Å². The van der Waals surface area contributed by atoms with Crippen molar-refractivity contribution in [1.29, 1.82) is 0 Å². The minimum absolute atomic E-state index is 0.460. The maximum Gasteiger partial charge on any atom is 0.233 e. The number of halogens is 1. The van der Waals surface area contributed by atoms with Gasteiger partial charge < -0.3 is 4.74 Å². The molecule has 7 heteroatoms.